The van der Waals surface area contributed by atoms with Crippen molar-refractivity contribution in [2.75, 3.05) is 7.11 Å². The summed E-state index contributed by atoms with van der Waals surface area (Å²) in [7, 11) is 1.52. The maximum Gasteiger partial charge on any atom is 0.364 e. The number of hydrogen-bond donors (Lipinski definition) is 0. The van der Waals surface area contributed by atoms with E-state index in [4.69, 9.17) is 14.3 Å². The van der Waals surface area contributed by atoms with Crippen molar-refractivity contribution in [2.24, 2.45) is 0 Å². The maximum atomic E-state index is 12.6. The molecule has 7 nitrogen and oxygen atoms in total. The molecule has 1 fully saturated rings. The standard InChI is InChI=1S/C21H19NO6/c1-26-17-11-10-13(12-18(17)27-14-6-2-3-7-14)21(25)28-22-19(23)15-8-4-5-9-16(15)20(22)24/h4-5,8-12,14H,2-3,6-7H2,1H3. The molecule has 4 rings (SSSR count). The van der Waals surface area contributed by atoms with Crippen LogP contribution in [-0.2, 0) is 4.84 Å². The molecule has 2 aliphatic rings. The number of hydroxylamine groups is 2. The molecule has 7 heteroatoms. The monoisotopic (exact) mass is 381 g/mol. The normalized spacial score (nSPS) is 16.2. The molecule has 0 aromatic heterocycles. The van der Waals surface area contributed by atoms with Crippen molar-refractivity contribution in [3.63, 3.8) is 0 Å². The lowest BCUT2D eigenvalue weighted by atomic mass is 10.1. The van der Waals surface area contributed by atoms with Gasteiger partial charge in [-0.3, -0.25) is 9.59 Å². The molecule has 0 saturated heterocycles. The minimum atomic E-state index is -0.826. The van der Waals surface area contributed by atoms with E-state index < -0.39 is 17.8 Å². The van der Waals surface area contributed by atoms with E-state index >= 15 is 0 Å². The summed E-state index contributed by atoms with van der Waals surface area (Å²) in [5.74, 6) is -1.21. The van der Waals surface area contributed by atoms with Gasteiger partial charge in [-0.25, -0.2) is 4.79 Å². The van der Waals surface area contributed by atoms with Crippen molar-refractivity contribution in [3.8, 4) is 11.5 Å². The Labute approximate surface area is 161 Å². The quantitative estimate of drug-likeness (QED) is 0.739. The Morgan fingerprint density at radius 2 is 1.61 bits per heavy atom. The largest absolute Gasteiger partial charge is 0.493 e. The second kappa shape index (κ2) is 7.34. The predicted molar refractivity (Wildman–Crippen MR) is 98.2 cm³/mol. The molecule has 2 amide bonds. The lowest BCUT2D eigenvalue weighted by molar-refractivity contribution is -0.0584. The first-order valence-corrected chi connectivity index (χ1v) is 9.13. The van der Waals surface area contributed by atoms with Gasteiger partial charge in [0, 0.05) is 0 Å². The maximum absolute atomic E-state index is 12.6. The zero-order valence-corrected chi connectivity index (χ0v) is 15.3. The third kappa shape index (κ3) is 3.19. The van der Waals surface area contributed by atoms with Gasteiger partial charge in [-0.1, -0.05) is 17.2 Å². The Morgan fingerprint density at radius 1 is 0.964 bits per heavy atom. The summed E-state index contributed by atoms with van der Waals surface area (Å²) < 4.78 is 11.3. The van der Waals surface area contributed by atoms with E-state index in [2.05, 4.69) is 0 Å². The highest BCUT2D eigenvalue weighted by Gasteiger charge is 2.38. The Kier molecular flexibility index (Phi) is 4.73. The molecule has 28 heavy (non-hydrogen) atoms. The van der Waals surface area contributed by atoms with E-state index in [9.17, 15) is 14.4 Å². The summed E-state index contributed by atoms with van der Waals surface area (Å²) in [5.41, 5.74) is 0.575. The molecule has 0 atom stereocenters. The fourth-order valence-corrected chi connectivity index (χ4v) is 3.47. The summed E-state index contributed by atoms with van der Waals surface area (Å²) in [5, 5.41) is 0.495. The van der Waals surface area contributed by atoms with Gasteiger partial charge in [-0.2, -0.15) is 0 Å². The number of fused-ring (bicyclic) bond motifs is 1. The molecule has 1 heterocycles. The molecule has 0 bridgehead atoms. The topological polar surface area (TPSA) is 82.1 Å². The van der Waals surface area contributed by atoms with Gasteiger partial charge in [0.05, 0.1) is 29.9 Å². The number of carbonyl (C=O) groups excluding carboxylic acids is 3. The Bertz CT molecular complexity index is 913. The highest BCUT2D eigenvalue weighted by molar-refractivity contribution is 6.21. The average molecular weight is 381 g/mol. The fraction of sp³-hybridized carbons (Fsp3) is 0.286. The lowest BCUT2D eigenvalue weighted by Gasteiger charge is -2.17. The van der Waals surface area contributed by atoms with E-state index in [1.54, 1.807) is 18.2 Å². The van der Waals surface area contributed by atoms with Gasteiger partial charge >= 0.3 is 5.97 Å². The van der Waals surface area contributed by atoms with Gasteiger partial charge in [-0.15, -0.1) is 0 Å². The number of benzene rings is 2. The lowest BCUT2D eigenvalue weighted by Crippen LogP contribution is -2.32. The van der Waals surface area contributed by atoms with Crippen LogP contribution in [0.15, 0.2) is 42.5 Å². The number of nitrogens with zero attached hydrogens (tertiary/aromatic N) is 1. The number of carbonyl (C=O) groups is 3. The van der Waals surface area contributed by atoms with Crippen LogP contribution in [0, 0.1) is 0 Å². The summed E-state index contributed by atoms with van der Waals surface area (Å²) in [6.45, 7) is 0. The highest BCUT2D eigenvalue weighted by atomic mass is 16.7. The fourth-order valence-electron chi connectivity index (χ4n) is 3.47. The molecular formula is C21H19NO6. The molecule has 1 aliphatic carbocycles. The van der Waals surface area contributed by atoms with Crippen LogP contribution in [-0.4, -0.2) is 36.1 Å². The molecule has 2 aromatic rings. The van der Waals surface area contributed by atoms with Crippen molar-refractivity contribution in [2.45, 2.75) is 31.8 Å². The molecule has 1 saturated carbocycles. The zero-order chi connectivity index (χ0) is 19.7. The first kappa shape index (κ1) is 18.0. The Morgan fingerprint density at radius 3 is 2.21 bits per heavy atom. The molecule has 2 aromatic carbocycles. The number of methoxy groups -OCH3 is 1. The molecule has 144 valence electrons. The van der Waals surface area contributed by atoms with Crippen LogP contribution in [0.25, 0.3) is 0 Å². The second-order valence-corrected chi connectivity index (χ2v) is 6.72. The van der Waals surface area contributed by atoms with Gasteiger partial charge in [0.2, 0.25) is 0 Å². The van der Waals surface area contributed by atoms with Crippen LogP contribution in [0.5, 0.6) is 11.5 Å². The average Bonchev–Trinajstić information content (AvgIpc) is 3.31. The predicted octanol–water partition coefficient (Wildman–Crippen LogP) is 3.38. The van der Waals surface area contributed by atoms with Crippen LogP contribution >= 0.6 is 0 Å². The van der Waals surface area contributed by atoms with E-state index in [1.165, 1.54) is 31.4 Å². The molecule has 0 unspecified atom stereocenters. The minimum absolute atomic E-state index is 0.0800. The van der Waals surface area contributed by atoms with Crippen LogP contribution in [0.3, 0.4) is 0 Å². The van der Waals surface area contributed by atoms with Gasteiger partial charge in [0.15, 0.2) is 11.5 Å². The van der Waals surface area contributed by atoms with Gasteiger partial charge in [-0.05, 0) is 56.0 Å². The number of hydrogen-bond acceptors (Lipinski definition) is 6. The third-order valence-corrected chi connectivity index (χ3v) is 4.93. The van der Waals surface area contributed by atoms with Crippen LogP contribution in [0.4, 0.5) is 0 Å². The Balaban J connectivity index is 1.54. The van der Waals surface area contributed by atoms with Gasteiger partial charge < -0.3 is 14.3 Å². The first-order valence-electron chi connectivity index (χ1n) is 9.13. The van der Waals surface area contributed by atoms with Crippen molar-refractivity contribution in [1.82, 2.24) is 5.06 Å². The molecule has 0 spiro atoms. The summed E-state index contributed by atoms with van der Waals surface area (Å²) in [6.07, 6.45) is 4.19. The van der Waals surface area contributed by atoms with Crippen molar-refractivity contribution >= 4 is 17.8 Å². The van der Waals surface area contributed by atoms with E-state index in [-0.39, 0.29) is 22.8 Å². The molecule has 0 radical (unpaired) electrons. The summed E-state index contributed by atoms with van der Waals surface area (Å²) in [6, 6.07) is 10.9. The number of rotatable bonds is 5. The van der Waals surface area contributed by atoms with Gasteiger partial charge in [0.25, 0.3) is 11.8 Å². The SMILES string of the molecule is COc1ccc(C(=O)ON2C(=O)c3ccccc3C2=O)cc1OC1CCCC1. The van der Waals surface area contributed by atoms with Crippen molar-refractivity contribution in [3.05, 3.63) is 59.2 Å². The summed E-state index contributed by atoms with van der Waals surface area (Å²) >= 11 is 0. The van der Waals surface area contributed by atoms with E-state index in [0.717, 1.165) is 25.7 Å². The minimum Gasteiger partial charge on any atom is -0.493 e. The smallest absolute Gasteiger partial charge is 0.364 e. The second-order valence-electron chi connectivity index (χ2n) is 6.72. The Hall–Kier alpha value is -3.35. The van der Waals surface area contributed by atoms with Crippen LogP contribution < -0.4 is 9.47 Å². The number of ether oxygens (including phenoxy) is 2. The summed E-state index contributed by atoms with van der Waals surface area (Å²) in [4.78, 5) is 42.4. The van der Waals surface area contributed by atoms with E-state index in [0.29, 0.717) is 16.6 Å². The zero-order valence-electron chi connectivity index (χ0n) is 15.3. The third-order valence-electron chi connectivity index (χ3n) is 4.93. The van der Waals surface area contributed by atoms with Crippen molar-refractivity contribution < 1.29 is 28.7 Å². The van der Waals surface area contributed by atoms with Crippen LogP contribution in [0.1, 0.15) is 56.8 Å². The van der Waals surface area contributed by atoms with Crippen LogP contribution in [0.2, 0.25) is 0 Å². The van der Waals surface area contributed by atoms with Crippen molar-refractivity contribution in [1.29, 1.82) is 0 Å². The molecule has 0 N–H and O–H groups in total. The molecule has 1 aliphatic heterocycles. The highest BCUT2D eigenvalue weighted by Crippen LogP contribution is 2.33. The van der Waals surface area contributed by atoms with Gasteiger partial charge in [0.1, 0.15) is 0 Å². The number of imide groups is 1. The first-order chi connectivity index (χ1) is 13.6. The van der Waals surface area contributed by atoms with E-state index in [1.807, 2.05) is 0 Å². The number of amides is 2. The molecular weight excluding hydrogens is 362 g/mol.